The van der Waals surface area contributed by atoms with Crippen LogP contribution in [0.4, 0.5) is 5.82 Å². The van der Waals surface area contributed by atoms with E-state index in [-0.39, 0.29) is 5.91 Å². The second-order valence-electron chi connectivity index (χ2n) is 3.81. The van der Waals surface area contributed by atoms with Crippen molar-refractivity contribution in [2.45, 2.75) is 0 Å². The lowest BCUT2D eigenvalue weighted by Crippen LogP contribution is -2.22. The van der Waals surface area contributed by atoms with Gasteiger partial charge < -0.3 is 10.6 Å². The molecule has 1 aromatic carbocycles. The van der Waals surface area contributed by atoms with Crippen LogP contribution < -0.4 is 5.73 Å². The summed E-state index contributed by atoms with van der Waals surface area (Å²) in [4.78, 5) is 17.7. The molecule has 4 heteroatoms. The van der Waals surface area contributed by atoms with Gasteiger partial charge in [0.25, 0.3) is 5.91 Å². The van der Waals surface area contributed by atoms with E-state index < -0.39 is 0 Å². The first kappa shape index (κ1) is 10.4. The SMILES string of the molecule is CN(C)C(=O)c1cc(N)nc2ccccc12. The molecule has 2 rings (SSSR count). The fourth-order valence-electron chi connectivity index (χ4n) is 1.61. The normalized spacial score (nSPS) is 10.4. The number of nitrogens with zero attached hydrogens (tertiary/aromatic N) is 2. The molecule has 1 amide bonds. The van der Waals surface area contributed by atoms with Gasteiger partial charge in [0.1, 0.15) is 5.82 Å². The van der Waals surface area contributed by atoms with E-state index in [1.807, 2.05) is 24.3 Å². The molecule has 1 aromatic heterocycles. The highest BCUT2D eigenvalue weighted by molar-refractivity contribution is 6.06. The quantitative estimate of drug-likeness (QED) is 0.784. The number of nitrogen functional groups attached to an aromatic ring is 1. The molecule has 0 aliphatic rings. The zero-order valence-corrected chi connectivity index (χ0v) is 9.27. The van der Waals surface area contributed by atoms with Crippen LogP contribution in [-0.2, 0) is 0 Å². The number of nitrogens with two attached hydrogens (primary N) is 1. The molecule has 16 heavy (non-hydrogen) atoms. The molecule has 82 valence electrons. The number of benzene rings is 1. The summed E-state index contributed by atoms with van der Waals surface area (Å²) < 4.78 is 0. The third-order valence-electron chi connectivity index (χ3n) is 2.37. The van der Waals surface area contributed by atoms with Crippen molar-refractivity contribution in [3.05, 3.63) is 35.9 Å². The van der Waals surface area contributed by atoms with Crippen LogP contribution in [0.25, 0.3) is 10.9 Å². The molecular formula is C12H13N3O. The van der Waals surface area contributed by atoms with E-state index in [2.05, 4.69) is 4.98 Å². The number of hydrogen-bond acceptors (Lipinski definition) is 3. The van der Waals surface area contributed by atoms with Gasteiger partial charge in [0.2, 0.25) is 0 Å². The minimum Gasteiger partial charge on any atom is -0.384 e. The van der Waals surface area contributed by atoms with Crippen LogP contribution >= 0.6 is 0 Å². The topological polar surface area (TPSA) is 59.2 Å². The summed E-state index contributed by atoms with van der Waals surface area (Å²) in [6.45, 7) is 0. The predicted molar refractivity (Wildman–Crippen MR) is 64.2 cm³/mol. The van der Waals surface area contributed by atoms with Gasteiger partial charge in [0.05, 0.1) is 11.1 Å². The van der Waals surface area contributed by atoms with Gasteiger partial charge in [-0.05, 0) is 12.1 Å². The first-order valence-electron chi connectivity index (χ1n) is 4.96. The molecule has 4 nitrogen and oxygen atoms in total. The minimum atomic E-state index is -0.0645. The molecule has 0 saturated heterocycles. The van der Waals surface area contributed by atoms with Gasteiger partial charge in [-0.25, -0.2) is 4.98 Å². The van der Waals surface area contributed by atoms with Crippen molar-refractivity contribution in [1.29, 1.82) is 0 Å². The monoisotopic (exact) mass is 215 g/mol. The maximum atomic E-state index is 12.0. The molecule has 0 aliphatic carbocycles. The lowest BCUT2D eigenvalue weighted by Gasteiger charge is -2.12. The molecule has 0 aliphatic heterocycles. The largest absolute Gasteiger partial charge is 0.384 e. The molecule has 0 spiro atoms. The maximum absolute atomic E-state index is 12.0. The van der Waals surface area contributed by atoms with Crippen LogP contribution in [0.15, 0.2) is 30.3 Å². The summed E-state index contributed by atoms with van der Waals surface area (Å²) >= 11 is 0. The van der Waals surface area contributed by atoms with E-state index in [9.17, 15) is 4.79 Å². The Labute approximate surface area is 93.7 Å². The molecular weight excluding hydrogens is 202 g/mol. The highest BCUT2D eigenvalue weighted by atomic mass is 16.2. The van der Waals surface area contributed by atoms with Crippen LogP contribution in [0, 0.1) is 0 Å². The number of rotatable bonds is 1. The standard InChI is InChI=1S/C12H13N3O/c1-15(2)12(16)9-7-11(13)14-10-6-4-3-5-8(9)10/h3-7H,1-2H3,(H2,13,14). The lowest BCUT2D eigenvalue weighted by molar-refractivity contribution is 0.0829. The highest BCUT2D eigenvalue weighted by Crippen LogP contribution is 2.20. The molecule has 2 aromatic rings. The van der Waals surface area contributed by atoms with Crippen molar-refractivity contribution in [3.63, 3.8) is 0 Å². The summed E-state index contributed by atoms with van der Waals surface area (Å²) in [6.07, 6.45) is 0. The minimum absolute atomic E-state index is 0.0645. The zero-order chi connectivity index (χ0) is 11.7. The van der Waals surface area contributed by atoms with E-state index in [0.29, 0.717) is 11.4 Å². The number of carbonyl (C=O) groups is 1. The molecule has 0 saturated carbocycles. The Morgan fingerprint density at radius 2 is 2.00 bits per heavy atom. The van der Waals surface area contributed by atoms with Crippen molar-refractivity contribution in [3.8, 4) is 0 Å². The van der Waals surface area contributed by atoms with E-state index in [1.165, 1.54) is 4.90 Å². The van der Waals surface area contributed by atoms with Crippen LogP contribution in [-0.4, -0.2) is 29.9 Å². The summed E-state index contributed by atoms with van der Waals surface area (Å²) in [6, 6.07) is 9.09. The van der Waals surface area contributed by atoms with Crippen molar-refractivity contribution in [1.82, 2.24) is 9.88 Å². The number of pyridine rings is 1. The maximum Gasteiger partial charge on any atom is 0.254 e. The number of fused-ring (bicyclic) bond motifs is 1. The Bertz CT molecular complexity index is 549. The van der Waals surface area contributed by atoms with Crippen molar-refractivity contribution in [2.24, 2.45) is 0 Å². The van der Waals surface area contributed by atoms with Gasteiger partial charge in [-0.3, -0.25) is 4.79 Å². The summed E-state index contributed by atoms with van der Waals surface area (Å²) in [5.41, 5.74) is 7.01. The third-order valence-corrected chi connectivity index (χ3v) is 2.37. The highest BCUT2D eigenvalue weighted by Gasteiger charge is 2.13. The molecule has 0 fully saturated rings. The summed E-state index contributed by atoms with van der Waals surface area (Å²) in [5, 5.41) is 0.829. The van der Waals surface area contributed by atoms with Crippen LogP contribution in [0.5, 0.6) is 0 Å². The lowest BCUT2D eigenvalue weighted by atomic mass is 10.1. The average Bonchev–Trinajstić information content (AvgIpc) is 2.26. The second kappa shape index (κ2) is 3.81. The molecule has 0 radical (unpaired) electrons. The van der Waals surface area contributed by atoms with E-state index >= 15 is 0 Å². The third kappa shape index (κ3) is 1.69. The number of carbonyl (C=O) groups excluding carboxylic acids is 1. The fraction of sp³-hybridized carbons (Fsp3) is 0.167. The fourth-order valence-corrected chi connectivity index (χ4v) is 1.61. The first-order chi connectivity index (χ1) is 7.59. The van der Waals surface area contributed by atoms with Gasteiger partial charge in [0, 0.05) is 19.5 Å². The van der Waals surface area contributed by atoms with Crippen LogP contribution in [0.3, 0.4) is 0 Å². The average molecular weight is 215 g/mol. The van der Waals surface area contributed by atoms with Crippen LogP contribution in [0.2, 0.25) is 0 Å². The molecule has 0 atom stereocenters. The molecule has 2 N–H and O–H groups in total. The van der Waals surface area contributed by atoms with Crippen LogP contribution in [0.1, 0.15) is 10.4 Å². The number of aromatic nitrogens is 1. The zero-order valence-electron chi connectivity index (χ0n) is 9.27. The molecule has 1 heterocycles. The number of hydrogen-bond donors (Lipinski definition) is 1. The number of para-hydroxylation sites is 1. The predicted octanol–water partition coefficient (Wildman–Crippen LogP) is 1.52. The van der Waals surface area contributed by atoms with Gasteiger partial charge >= 0.3 is 0 Å². The van der Waals surface area contributed by atoms with E-state index in [0.717, 1.165) is 10.9 Å². The molecule has 0 unspecified atom stereocenters. The van der Waals surface area contributed by atoms with Crippen molar-refractivity contribution >= 4 is 22.6 Å². The molecule has 0 bridgehead atoms. The Kier molecular flexibility index (Phi) is 2.48. The Balaban J connectivity index is 2.72. The van der Waals surface area contributed by atoms with Crippen molar-refractivity contribution < 1.29 is 4.79 Å². The van der Waals surface area contributed by atoms with Gasteiger partial charge in [-0.1, -0.05) is 18.2 Å². The number of anilines is 1. The van der Waals surface area contributed by atoms with E-state index in [1.54, 1.807) is 20.2 Å². The summed E-state index contributed by atoms with van der Waals surface area (Å²) in [5.74, 6) is 0.300. The smallest absolute Gasteiger partial charge is 0.254 e. The summed E-state index contributed by atoms with van der Waals surface area (Å²) in [7, 11) is 3.43. The van der Waals surface area contributed by atoms with Gasteiger partial charge in [-0.2, -0.15) is 0 Å². The number of amides is 1. The van der Waals surface area contributed by atoms with Gasteiger partial charge in [0.15, 0.2) is 0 Å². The second-order valence-corrected chi connectivity index (χ2v) is 3.81. The Morgan fingerprint density at radius 3 is 2.69 bits per heavy atom. The van der Waals surface area contributed by atoms with Crippen molar-refractivity contribution in [2.75, 3.05) is 19.8 Å². The Morgan fingerprint density at radius 1 is 1.31 bits per heavy atom. The Hall–Kier alpha value is -2.10. The van der Waals surface area contributed by atoms with E-state index in [4.69, 9.17) is 5.73 Å². The first-order valence-corrected chi connectivity index (χ1v) is 4.96. The van der Waals surface area contributed by atoms with Gasteiger partial charge in [-0.15, -0.1) is 0 Å².